The third kappa shape index (κ3) is 2.92. The average molecular weight is 487 g/mol. The highest BCUT2D eigenvalue weighted by Gasteiger charge is 2.83. The molecule has 1 aliphatic heterocycles. The number of hydrogen-bond donors (Lipinski definition) is 2. The monoisotopic (exact) mass is 486 g/mol. The van der Waals surface area contributed by atoms with Crippen molar-refractivity contribution in [2.75, 3.05) is 20.6 Å². The SMILES string of the molecule is C[C@@H]1CC(CNC(=O)N(C)C)OC2C[C@@]3(C)C4CCC5C(C)(C)[C@@H](O)CC[C@@]56CC46CC[C@]3(C)C21. The van der Waals surface area contributed by atoms with Crippen LogP contribution in [0.25, 0.3) is 0 Å². The Labute approximate surface area is 213 Å². The van der Waals surface area contributed by atoms with Gasteiger partial charge in [0.25, 0.3) is 0 Å². The molecule has 5 nitrogen and oxygen atoms in total. The van der Waals surface area contributed by atoms with Gasteiger partial charge in [0.15, 0.2) is 0 Å². The smallest absolute Gasteiger partial charge is 0.316 e. The van der Waals surface area contributed by atoms with Gasteiger partial charge in [0.2, 0.25) is 0 Å². The van der Waals surface area contributed by atoms with E-state index in [1.165, 1.54) is 44.9 Å². The number of carbonyl (C=O) groups is 1. The van der Waals surface area contributed by atoms with Gasteiger partial charge in [-0.1, -0.05) is 34.6 Å². The highest BCUT2D eigenvalue weighted by Crippen LogP contribution is 2.89. The molecule has 0 aromatic heterocycles. The molecule has 2 spiro atoms. The van der Waals surface area contributed by atoms with Gasteiger partial charge in [-0.25, -0.2) is 4.79 Å². The lowest BCUT2D eigenvalue weighted by Gasteiger charge is -2.63. The molecule has 1 heterocycles. The van der Waals surface area contributed by atoms with E-state index < -0.39 is 0 Å². The molecule has 2 N–H and O–H groups in total. The number of carbonyl (C=O) groups excluding carboxylic acids is 1. The predicted octanol–water partition coefficient (Wildman–Crippen LogP) is 5.46. The largest absolute Gasteiger partial charge is 0.393 e. The first-order valence-electron chi connectivity index (χ1n) is 14.6. The zero-order valence-corrected chi connectivity index (χ0v) is 23.3. The molecule has 2 amide bonds. The summed E-state index contributed by atoms with van der Waals surface area (Å²) in [5.41, 5.74) is 1.72. The lowest BCUT2D eigenvalue weighted by molar-refractivity contribution is -0.166. The third-order valence-electron chi connectivity index (χ3n) is 13.6. The molecular weight excluding hydrogens is 436 g/mol. The van der Waals surface area contributed by atoms with Crippen LogP contribution in [0.4, 0.5) is 4.79 Å². The molecule has 11 atom stereocenters. The van der Waals surface area contributed by atoms with Gasteiger partial charge < -0.3 is 20.1 Å². The van der Waals surface area contributed by atoms with E-state index in [-0.39, 0.29) is 23.7 Å². The van der Waals surface area contributed by atoms with Gasteiger partial charge in [0.1, 0.15) is 0 Å². The van der Waals surface area contributed by atoms with Gasteiger partial charge in [0.05, 0.1) is 18.3 Å². The molecule has 0 aromatic rings. The fourth-order valence-electron chi connectivity index (χ4n) is 11.9. The fraction of sp³-hybridized carbons (Fsp3) is 0.967. The molecule has 198 valence electrons. The second kappa shape index (κ2) is 7.40. The van der Waals surface area contributed by atoms with Crippen LogP contribution in [0.15, 0.2) is 0 Å². The van der Waals surface area contributed by atoms with E-state index >= 15 is 0 Å². The van der Waals surface area contributed by atoms with Crippen LogP contribution in [0.5, 0.6) is 0 Å². The first kappa shape index (κ1) is 24.5. The molecule has 6 fully saturated rings. The normalized spacial score (nSPS) is 55.5. The van der Waals surface area contributed by atoms with Crippen molar-refractivity contribution < 1.29 is 14.6 Å². The number of urea groups is 1. The van der Waals surface area contributed by atoms with E-state index in [4.69, 9.17) is 4.74 Å². The summed E-state index contributed by atoms with van der Waals surface area (Å²) in [4.78, 5) is 13.7. The molecule has 5 saturated carbocycles. The van der Waals surface area contributed by atoms with Crippen molar-refractivity contribution in [2.45, 2.75) is 111 Å². The minimum Gasteiger partial charge on any atom is -0.393 e. The second-order valence-electron chi connectivity index (χ2n) is 15.2. The summed E-state index contributed by atoms with van der Waals surface area (Å²) in [7, 11) is 3.59. The Balaban J connectivity index is 1.26. The number of nitrogens with zero attached hydrogens (tertiary/aromatic N) is 1. The van der Waals surface area contributed by atoms with Crippen molar-refractivity contribution >= 4 is 6.03 Å². The molecule has 6 rings (SSSR count). The Morgan fingerprint density at radius 1 is 1.00 bits per heavy atom. The third-order valence-corrected chi connectivity index (χ3v) is 13.6. The van der Waals surface area contributed by atoms with E-state index in [0.717, 1.165) is 18.8 Å². The number of ether oxygens (including phenoxy) is 1. The predicted molar refractivity (Wildman–Crippen MR) is 138 cm³/mol. The van der Waals surface area contributed by atoms with E-state index in [9.17, 15) is 9.90 Å². The summed E-state index contributed by atoms with van der Waals surface area (Å²) >= 11 is 0. The van der Waals surface area contributed by atoms with Crippen molar-refractivity contribution in [3.8, 4) is 0 Å². The zero-order valence-electron chi connectivity index (χ0n) is 23.3. The zero-order chi connectivity index (χ0) is 25.2. The molecule has 6 aliphatic rings. The van der Waals surface area contributed by atoms with Crippen molar-refractivity contribution in [3.63, 3.8) is 0 Å². The molecule has 0 radical (unpaired) electrons. The Morgan fingerprint density at radius 2 is 1.69 bits per heavy atom. The maximum atomic E-state index is 12.1. The Kier molecular flexibility index (Phi) is 5.18. The maximum Gasteiger partial charge on any atom is 0.316 e. The summed E-state index contributed by atoms with van der Waals surface area (Å²) < 4.78 is 6.85. The van der Waals surface area contributed by atoms with Gasteiger partial charge >= 0.3 is 6.03 Å². The van der Waals surface area contributed by atoms with Gasteiger partial charge in [-0.15, -0.1) is 0 Å². The van der Waals surface area contributed by atoms with Crippen LogP contribution >= 0.6 is 0 Å². The fourth-order valence-corrected chi connectivity index (χ4v) is 11.9. The van der Waals surface area contributed by atoms with Crippen molar-refractivity contribution in [2.24, 2.45) is 50.7 Å². The van der Waals surface area contributed by atoms with E-state index in [0.29, 0.717) is 52.1 Å². The number of nitrogens with one attached hydrogen (secondary N) is 1. The number of amides is 2. The van der Waals surface area contributed by atoms with Gasteiger partial charge in [-0.05, 0) is 109 Å². The molecule has 5 aliphatic carbocycles. The van der Waals surface area contributed by atoms with Crippen molar-refractivity contribution in [1.29, 1.82) is 0 Å². The average Bonchev–Trinajstić information content (AvgIpc) is 3.38. The summed E-state index contributed by atoms with van der Waals surface area (Å²) in [6, 6.07) is -0.0272. The molecule has 1 saturated heterocycles. The van der Waals surface area contributed by atoms with Crippen LogP contribution in [0.3, 0.4) is 0 Å². The molecule has 5 heteroatoms. The van der Waals surface area contributed by atoms with Crippen LogP contribution in [-0.2, 0) is 4.74 Å². The standard InChI is InChI=1S/C30H50N2O3/c1-18-14-19(16-31-25(34)32(6)7)35-20-15-28(5)22-9-8-21-26(2,3)23(33)10-11-29(21)17-30(22,29)13-12-27(28,4)24(18)20/h18-24,33H,8-17H2,1-7H3,(H,31,34)/t18-,19?,20?,21?,22?,23+,24?,27-,28+,29-,30?/m1/s1. The number of fused-ring (bicyclic) bond motifs is 4. The van der Waals surface area contributed by atoms with E-state index in [2.05, 4.69) is 39.9 Å². The summed E-state index contributed by atoms with van der Waals surface area (Å²) in [6.07, 6.45) is 11.6. The molecular formula is C30H50N2O3. The minimum absolute atomic E-state index is 0.0272. The molecule has 35 heavy (non-hydrogen) atoms. The minimum atomic E-state index is -0.134. The first-order chi connectivity index (χ1) is 16.3. The number of aliphatic hydroxyl groups is 1. The van der Waals surface area contributed by atoms with Gasteiger partial charge in [-0.2, -0.15) is 0 Å². The van der Waals surface area contributed by atoms with Crippen LogP contribution in [0.2, 0.25) is 0 Å². The lowest BCUT2D eigenvalue weighted by Crippen LogP contribution is -2.58. The lowest BCUT2D eigenvalue weighted by atomic mass is 9.41. The van der Waals surface area contributed by atoms with Crippen LogP contribution in [-0.4, -0.2) is 55.0 Å². The summed E-state index contributed by atoms with van der Waals surface area (Å²) in [5.74, 6) is 2.74. The van der Waals surface area contributed by atoms with Gasteiger partial charge in [-0.3, -0.25) is 0 Å². The first-order valence-corrected chi connectivity index (χ1v) is 14.6. The van der Waals surface area contributed by atoms with Crippen molar-refractivity contribution in [1.82, 2.24) is 10.2 Å². The van der Waals surface area contributed by atoms with Crippen LogP contribution in [0, 0.1) is 50.7 Å². The Bertz CT molecular complexity index is 904. The molecule has 0 bridgehead atoms. The highest BCUT2D eigenvalue weighted by molar-refractivity contribution is 5.73. The molecule has 0 aromatic carbocycles. The summed E-state index contributed by atoms with van der Waals surface area (Å²) in [6.45, 7) is 13.1. The second-order valence-corrected chi connectivity index (χ2v) is 15.2. The van der Waals surface area contributed by atoms with Gasteiger partial charge in [0, 0.05) is 20.6 Å². The number of aliphatic hydroxyl groups excluding tert-OH is 1. The maximum absolute atomic E-state index is 12.1. The highest BCUT2D eigenvalue weighted by atomic mass is 16.5. The van der Waals surface area contributed by atoms with Crippen LogP contribution in [0.1, 0.15) is 92.4 Å². The van der Waals surface area contributed by atoms with Crippen molar-refractivity contribution in [3.05, 3.63) is 0 Å². The Hall–Kier alpha value is -0.810. The Morgan fingerprint density at radius 3 is 2.40 bits per heavy atom. The summed E-state index contributed by atoms with van der Waals surface area (Å²) in [5, 5.41) is 14.0. The number of rotatable bonds is 2. The topological polar surface area (TPSA) is 61.8 Å². The van der Waals surface area contributed by atoms with Crippen LogP contribution < -0.4 is 5.32 Å². The number of hydrogen-bond acceptors (Lipinski definition) is 3. The van der Waals surface area contributed by atoms with E-state index in [1.807, 2.05) is 0 Å². The molecule has 6 unspecified atom stereocenters. The van der Waals surface area contributed by atoms with E-state index in [1.54, 1.807) is 19.0 Å². The quantitative estimate of drug-likeness (QED) is 0.545.